The van der Waals surface area contributed by atoms with Gasteiger partial charge in [-0.05, 0) is 42.4 Å². The number of hydrogen-bond donors (Lipinski definition) is 1. The number of allylic oxidation sites excluding steroid dienone is 2. The second-order valence-corrected chi connectivity index (χ2v) is 5.95. The van der Waals surface area contributed by atoms with Crippen LogP contribution >= 0.6 is 0 Å². The Kier molecular flexibility index (Phi) is 3.88. The SMILES string of the molecule is COc1ccc(CC[NH2+]C[C@H]2C[C@@H]3C=C[C@H]2C3)cc1. The van der Waals surface area contributed by atoms with E-state index in [1.807, 2.05) is 0 Å². The lowest BCUT2D eigenvalue weighted by Crippen LogP contribution is -2.86. The first-order valence-corrected chi connectivity index (χ1v) is 7.48. The van der Waals surface area contributed by atoms with Gasteiger partial charge in [-0.3, -0.25) is 0 Å². The predicted octanol–water partition coefficient (Wildman–Crippen LogP) is 2.01. The molecule has 0 aromatic heterocycles. The van der Waals surface area contributed by atoms with Crippen LogP contribution in [0.1, 0.15) is 18.4 Å². The number of rotatable bonds is 6. The minimum Gasteiger partial charge on any atom is -0.497 e. The molecular weight excluding hydrogens is 234 g/mol. The van der Waals surface area contributed by atoms with Gasteiger partial charge in [0, 0.05) is 12.3 Å². The van der Waals surface area contributed by atoms with Gasteiger partial charge in [0.05, 0.1) is 20.2 Å². The molecule has 0 amide bonds. The van der Waals surface area contributed by atoms with E-state index in [0.29, 0.717) is 0 Å². The molecule has 1 aromatic rings. The molecule has 0 saturated heterocycles. The van der Waals surface area contributed by atoms with Crippen LogP contribution in [0.4, 0.5) is 0 Å². The molecule has 1 saturated carbocycles. The number of ether oxygens (including phenoxy) is 1. The Balaban J connectivity index is 1.37. The summed E-state index contributed by atoms with van der Waals surface area (Å²) in [5.74, 6) is 3.68. The van der Waals surface area contributed by atoms with Gasteiger partial charge in [0.15, 0.2) is 0 Å². The zero-order valence-corrected chi connectivity index (χ0v) is 11.7. The molecule has 1 aromatic carbocycles. The molecule has 2 heteroatoms. The molecule has 0 radical (unpaired) electrons. The Bertz CT molecular complexity index is 437. The Morgan fingerprint density at radius 1 is 1.16 bits per heavy atom. The molecule has 1 fully saturated rings. The maximum Gasteiger partial charge on any atom is 0.118 e. The predicted molar refractivity (Wildman–Crippen MR) is 77.2 cm³/mol. The van der Waals surface area contributed by atoms with Crippen LogP contribution in [-0.4, -0.2) is 20.2 Å². The van der Waals surface area contributed by atoms with E-state index in [-0.39, 0.29) is 0 Å². The molecule has 2 N–H and O–H groups in total. The summed E-state index contributed by atoms with van der Waals surface area (Å²) in [4.78, 5) is 0. The zero-order valence-electron chi connectivity index (χ0n) is 11.7. The fourth-order valence-corrected chi connectivity index (χ4v) is 3.56. The summed E-state index contributed by atoms with van der Waals surface area (Å²) in [6, 6.07) is 8.45. The number of methoxy groups -OCH3 is 1. The smallest absolute Gasteiger partial charge is 0.118 e. The van der Waals surface area contributed by atoms with Crippen LogP contribution in [0.15, 0.2) is 36.4 Å². The molecule has 0 unspecified atom stereocenters. The van der Waals surface area contributed by atoms with Crippen LogP contribution in [0.2, 0.25) is 0 Å². The molecule has 3 rings (SSSR count). The van der Waals surface area contributed by atoms with Crippen molar-refractivity contribution in [3.05, 3.63) is 42.0 Å². The molecule has 3 atom stereocenters. The normalized spacial score (nSPS) is 27.9. The fourth-order valence-electron chi connectivity index (χ4n) is 3.56. The molecule has 2 nitrogen and oxygen atoms in total. The van der Waals surface area contributed by atoms with Crippen LogP contribution < -0.4 is 10.1 Å². The Morgan fingerprint density at radius 3 is 2.63 bits per heavy atom. The summed E-state index contributed by atoms with van der Waals surface area (Å²) in [5.41, 5.74) is 1.41. The molecule has 2 aliphatic rings. The number of benzene rings is 1. The van der Waals surface area contributed by atoms with Crippen molar-refractivity contribution >= 4 is 0 Å². The summed E-state index contributed by atoms with van der Waals surface area (Å²) in [5, 5.41) is 2.50. The lowest BCUT2D eigenvalue weighted by Gasteiger charge is -2.16. The number of fused-ring (bicyclic) bond motifs is 2. The third-order valence-electron chi connectivity index (χ3n) is 4.68. The zero-order chi connectivity index (χ0) is 13.1. The molecule has 2 bridgehead atoms. The number of hydrogen-bond acceptors (Lipinski definition) is 1. The van der Waals surface area contributed by atoms with E-state index in [4.69, 9.17) is 4.74 Å². The summed E-state index contributed by atoms with van der Waals surface area (Å²) < 4.78 is 5.18. The van der Waals surface area contributed by atoms with Crippen LogP contribution in [0.5, 0.6) is 5.75 Å². The van der Waals surface area contributed by atoms with Gasteiger partial charge >= 0.3 is 0 Å². The van der Waals surface area contributed by atoms with Gasteiger partial charge in [-0.25, -0.2) is 0 Å². The monoisotopic (exact) mass is 258 g/mol. The minimum absolute atomic E-state index is 0.891. The van der Waals surface area contributed by atoms with Crippen molar-refractivity contribution < 1.29 is 10.1 Å². The largest absolute Gasteiger partial charge is 0.497 e. The van der Waals surface area contributed by atoms with E-state index in [1.54, 1.807) is 7.11 Å². The van der Waals surface area contributed by atoms with Gasteiger partial charge in [0.2, 0.25) is 0 Å². The molecule has 0 spiro atoms. The summed E-state index contributed by atoms with van der Waals surface area (Å²) in [7, 11) is 1.71. The van der Waals surface area contributed by atoms with Gasteiger partial charge in [-0.15, -0.1) is 0 Å². The van der Waals surface area contributed by atoms with Crippen molar-refractivity contribution in [3.8, 4) is 5.75 Å². The van der Waals surface area contributed by atoms with Gasteiger partial charge in [0.1, 0.15) is 5.75 Å². The van der Waals surface area contributed by atoms with Crippen molar-refractivity contribution in [2.45, 2.75) is 19.3 Å². The quantitative estimate of drug-likeness (QED) is 0.613. The van der Waals surface area contributed by atoms with Crippen LogP contribution in [0, 0.1) is 17.8 Å². The number of nitrogens with two attached hydrogens (primary N) is 1. The van der Waals surface area contributed by atoms with E-state index in [2.05, 4.69) is 41.7 Å². The van der Waals surface area contributed by atoms with Crippen molar-refractivity contribution in [3.63, 3.8) is 0 Å². The molecular formula is C17H24NO+. The fraction of sp³-hybridized carbons (Fsp3) is 0.529. The maximum absolute atomic E-state index is 5.18. The first-order chi connectivity index (χ1) is 9.35. The highest BCUT2D eigenvalue weighted by atomic mass is 16.5. The Hall–Kier alpha value is -1.28. The second kappa shape index (κ2) is 5.79. The third-order valence-corrected chi connectivity index (χ3v) is 4.68. The molecule has 0 heterocycles. The van der Waals surface area contributed by atoms with Gasteiger partial charge in [-0.1, -0.05) is 24.3 Å². The Labute approximate surface area is 115 Å². The van der Waals surface area contributed by atoms with E-state index < -0.39 is 0 Å². The second-order valence-electron chi connectivity index (χ2n) is 5.95. The summed E-state index contributed by atoms with van der Waals surface area (Å²) in [6.07, 6.45) is 8.90. The van der Waals surface area contributed by atoms with E-state index >= 15 is 0 Å². The first kappa shape index (κ1) is 12.7. The number of quaternary nitrogens is 1. The van der Waals surface area contributed by atoms with Crippen molar-refractivity contribution in [1.82, 2.24) is 0 Å². The van der Waals surface area contributed by atoms with Crippen LogP contribution in [-0.2, 0) is 6.42 Å². The highest BCUT2D eigenvalue weighted by Gasteiger charge is 2.36. The lowest BCUT2D eigenvalue weighted by atomic mass is 9.93. The minimum atomic E-state index is 0.891. The highest BCUT2D eigenvalue weighted by Crippen LogP contribution is 2.42. The molecule has 102 valence electrons. The van der Waals surface area contributed by atoms with E-state index in [9.17, 15) is 0 Å². The van der Waals surface area contributed by atoms with Crippen molar-refractivity contribution in [1.29, 1.82) is 0 Å². The first-order valence-electron chi connectivity index (χ1n) is 7.48. The lowest BCUT2D eigenvalue weighted by molar-refractivity contribution is -0.660. The topological polar surface area (TPSA) is 25.8 Å². The van der Waals surface area contributed by atoms with E-state index in [0.717, 1.165) is 29.9 Å². The van der Waals surface area contributed by atoms with Crippen molar-refractivity contribution in [2.75, 3.05) is 20.2 Å². The van der Waals surface area contributed by atoms with Crippen LogP contribution in [0.3, 0.4) is 0 Å². The van der Waals surface area contributed by atoms with Crippen LogP contribution in [0.25, 0.3) is 0 Å². The highest BCUT2D eigenvalue weighted by molar-refractivity contribution is 5.27. The molecule has 2 aliphatic carbocycles. The molecule has 19 heavy (non-hydrogen) atoms. The summed E-state index contributed by atoms with van der Waals surface area (Å²) in [6.45, 7) is 2.51. The van der Waals surface area contributed by atoms with Gasteiger partial charge in [-0.2, -0.15) is 0 Å². The summed E-state index contributed by atoms with van der Waals surface area (Å²) >= 11 is 0. The van der Waals surface area contributed by atoms with Crippen molar-refractivity contribution in [2.24, 2.45) is 17.8 Å². The Morgan fingerprint density at radius 2 is 2.00 bits per heavy atom. The molecule has 0 aliphatic heterocycles. The third kappa shape index (κ3) is 3.01. The average molecular weight is 258 g/mol. The van der Waals surface area contributed by atoms with E-state index in [1.165, 1.54) is 31.5 Å². The standard InChI is InChI=1S/C17H23NO/c1-19-17-6-3-13(4-7-17)8-9-18-12-16-11-14-2-5-15(16)10-14/h2-7,14-16,18H,8-12H2,1H3/p+1/t14-,15+,16-/m1/s1. The average Bonchev–Trinajstić information content (AvgIpc) is 3.07. The van der Waals surface area contributed by atoms with Gasteiger partial charge < -0.3 is 10.1 Å². The maximum atomic E-state index is 5.18. The van der Waals surface area contributed by atoms with Gasteiger partial charge in [0.25, 0.3) is 0 Å².